The molecule has 3 aliphatic rings. The van der Waals surface area contributed by atoms with E-state index in [1.807, 2.05) is 60.7 Å². The van der Waals surface area contributed by atoms with Crippen molar-refractivity contribution in [1.82, 2.24) is 0 Å². The maximum atomic E-state index is 14.2. The van der Waals surface area contributed by atoms with Crippen LogP contribution in [0.25, 0.3) is 0 Å². The summed E-state index contributed by atoms with van der Waals surface area (Å²) in [6, 6.07) is 20.1. The summed E-state index contributed by atoms with van der Waals surface area (Å²) >= 11 is 0. The van der Waals surface area contributed by atoms with Gasteiger partial charge in [-0.2, -0.15) is 0 Å². The lowest BCUT2D eigenvalue weighted by molar-refractivity contribution is -0.00550. The summed E-state index contributed by atoms with van der Waals surface area (Å²) in [5, 5.41) is 1.97. The van der Waals surface area contributed by atoms with Crippen molar-refractivity contribution >= 4 is 17.8 Å². The summed E-state index contributed by atoms with van der Waals surface area (Å²) in [5.74, 6) is 1.43. The first kappa shape index (κ1) is 15.9. The Balaban J connectivity index is 1.75. The van der Waals surface area contributed by atoms with Crippen molar-refractivity contribution in [3.63, 3.8) is 0 Å². The Kier molecular flexibility index (Phi) is 3.81. The van der Waals surface area contributed by atoms with Gasteiger partial charge in [0.25, 0.3) is 0 Å². The lowest BCUT2D eigenvalue weighted by Crippen LogP contribution is -2.48. The van der Waals surface area contributed by atoms with Crippen LogP contribution in [0.2, 0.25) is 0 Å². The molecular formula is C22H25OP. The zero-order chi connectivity index (χ0) is 16.8. The molecule has 2 aromatic carbocycles. The van der Waals surface area contributed by atoms with Crippen molar-refractivity contribution in [2.24, 2.45) is 17.3 Å². The fourth-order valence-electron chi connectivity index (χ4n) is 4.58. The van der Waals surface area contributed by atoms with Crippen molar-refractivity contribution < 1.29 is 4.57 Å². The molecule has 0 aromatic heterocycles. The van der Waals surface area contributed by atoms with E-state index in [0.29, 0.717) is 17.5 Å². The molecule has 0 aliphatic heterocycles. The van der Waals surface area contributed by atoms with Gasteiger partial charge in [-0.25, -0.2) is 0 Å². The van der Waals surface area contributed by atoms with Crippen LogP contribution in [0.3, 0.4) is 0 Å². The van der Waals surface area contributed by atoms with Gasteiger partial charge >= 0.3 is 0 Å². The molecule has 2 bridgehead atoms. The van der Waals surface area contributed by atoms with E-state index >= 15 is 0 Å². The van der Waals surface area contributed by atoms with Gasteiger partial charge < -0.3 is 4.57 Å². The second-order valence-corrected chi connectivity index (χ2v) is 10.7. The van der Waals surface area contributed by atoms with Gasteiger partial charge in [0.15, 0.2) is 0 Å². The van der Waals surface area contributed by atoms with Crippen molar-refractivity contribution in [3.05, 3.63) is 72.3 Å². The zero-order valence-electron chi connectivity index (χ0n) is 14.5. The van der Waals surface area contributed by atoms with Crippen LogP contribution in [0.15, 0.2) is 72.3 Å². The Hall–Kier alpha value is -1.59. The number of fused-ring (bicyclic) bond motifs is 1. The van der Waals surface area contributed by atoms with E-state index < -0.39 is 7.14 Å². The van der Waals surface area contributed by atoms with Crippen LogP contribution in [0.1, 0.15) is 26.7 Å². The first-order valence-electron chi connectivity index (χ1n) is 8.91. The van der Waals surface area contributed by atoms with Gasteiger partial charge in [0.1, 0.15) is 7.14 Å². The van der Waals surface area contributed by atoms with Crippen LogP contribution in [-0.2, 0) is 4.57 Å². The van der Waals surface area contributed by atoms with E-state index in [-0.39, 0.29) is 0 Å². The van der Waals surface area contributed by atoms with Crippen LogP contribution < -0.4 is 10.6 Å². The molecule has 3 aliphatic carbocycles. The van der Waals surface area contributed by atoms with Gasteiger partial charge in [-0.3, -0.25) is 0 Å². The second kappa shape index (κ2) is 5.74. The third kappa shape index (κ3) is 2.42. The Bertz CT molecular complexity index is 761. The summed E-state index contributed by atoms with van der Waals surface area (Å²) in [7, 11) is -2.63. The quantitative estimate of drug-likeness (QED) is 0.568. The molecule has 2 atom stereocenters. The summed E-state index contributed by atoms with van der Waals surface area (Å²) in [4.78, 5) is 0. The Morgan fingerprint density at radius 1 is 0.958 bits per heavy atom. The SMILES string of the molecule is CC1(C)C2CC=C(CP(=O)(c3ccccc3)c3ccccc3)C1C2. The highest BCUT2D eigenvalue weighted by Gasteiger charge is 2.52. The van der Waals surface area contributed by atoms with Crippen LogP contribution in [0.5, 0.6) is 0 Å². The molecule has 124 valence electrons. The zero-order valence-corrected chi connectivity index (χ0v) is 15.4. The van der Waals surface area contributed by atoms with Gasteiger partial charge in [-0.15, -0.1) is 0 Å². The maximum absolute atomic E-state index is 14.2. The lowest BCUT2D eigenvalue weighted by atomic mass is 9.49. The van der Waals surface area contributed by atoms with Crippen molar-refractivity contribution in [2.75, 3.05) is 6.16 Å². The molecule has 0 spiro atoms. The van der Waals surface area contributed by atoms with Gasteiger partial charge in [0.2, 0.25) is 0 Å². The standard InChI is InChI=1S/C22H25OP/c1-22(2)18-14-13-17(21(22)15-18)16-24(23,19-9-5-3-6-10-19)20-11-7-4-8-12-20/h3-13,18,21H,14-16H2,1-2H3. The molecule has 24 heavy (non-hydrogen) atoms. The minimum Gasteiger partial charge on any atom is -0.313 e. The molecule has 0 heterocycles. The Morgan fingerprint density at radius 2 is 1.50 bits per heavy atom. The Morgan fingerprint density at radius 3 is 1.96 bits per heavy atom. The highest BCUT2D eigenvalue weighted by molar-refractivity contribution is 7.78. The smallest absolute Gasteiger partial charge is 0.147 e. The minimum absolute atomic E-state index is 0.377. The molecule has 0 radical (unpaired) electrons. The molecule has 1 nitrogen and oxygen atoms in total. The molecule has 5 rings (SSSR count). The second-order valence-electron chi connectivity index (χ2n) is 7.89. The van der Waals surface area contributed by atoms with E-state index in [1.54, 1.807) is 0 Å². The molecule has 0 N–H and O–H groups in total. The van der Waals surface area contributed by atoms with Crippen LogP contribution in [0, 0.1) is 17.3 Å². The molecule has 1 fully saturated rings. The summed E-state index contributed by atoms with van der Waals surface area (Å²) in [6.07, 6.45) is 5.52. The first-order valence-corrected chi connectivity index (χ1v) is 10.8. The summed E-state index contributed by atoms with van der Waals surface area (Å²) in [6.45, 7) is 4.77. The van der Waals surface area contributed by atoms with E-state index in [1.165, 1.54) is 12.0 Å². The predicted octanol–water partition coefficient (Wildman–Crippen LogP) is 4.99. The van der Waals surface area contributed by atoms with E-state index in [9.17, 15) is 4.57 Å². The van der Waals surface area contributed by atoms with Gasteiger partial charge in [-0.1, -0.05) is 86.2 Å². The number of benzene rings is 2. The van der Waals surface area contributed by atoms with Crippen molar-refractivity contribution in [3.8, 4) is 0 Å². The number of hydrogen-bond acceptors (Lipinski definition) is 1. The third-order valence-corrected chi connectivity index (χ3v) is 9.41. The van der Waals surface area contributed by atoms with E-state index in [2.05, 4.69) is 19.9 Å². The van der Waals surface area contributed by atoms with Crippen molar-refractivity contribution in [1.29, 1.82) is 0 Å². The molecule has 0 amide bonds. The maximum Gasteiger partial charge on any atom is 0.147 e. The molecule has 2 aromatic rings. The highest BCUT2D eigenvalue weighted by atomic mass is 31.2. The van der Waals surface area contributed by atoms with Gasteiger partial charge in [-0.05, 0) is 30.1 Å². The van der Waals surface area contributed by atoms with Crippen molar-refractivity contribution in [2.45, 2.75) is 26.7 Å². The number of allylic oxidation sites excluding steroid dienone is 2. The van der Waals surface area contributed by atoms with E-state index in [4.69, 9.17) is 0 Å². The summed E-state index contributed by atoms with van der Waals surface area (Å²) < 4.78 is 14.2. The number of hydrogen-bond donors (Lipinski definition) is 0. The average molecular weight is 336 g/mol. The predicted molar refractivity (Wildman–Crippen MR) is 103 cm³/mol. The fraction of sp³-hybridized carbons (Fsp3) is 0.364. The molecule has 2 heteroatoms. The lowest BCUT2D eigenvalue weighted by Gasteiger charge is -2.56. The first-order chi connectivity index (χ1) is 11.5. The van der Waals surface area contributed by atoms with Crippen LogP contribution in [-0.4, -0.2) is 6.16 Å². The largest absolute Gasteiger partial charge is 0.313 e. The van der Waals surface area contributed by atoms with Gasteiger partial charge in [0.05, 0.1) is 0 Å². The van der Waals surface area contributed by atoms with E-state index in [0.717, 1.165) is 22.9 Å². The monoisotopic (exact) mass is 336 g/mol. The van der Waals surface area contributed by atoms with Gasteiger partial charge in [0, 0.05) is 16.8 Å². The minimum atomic E-state index is -2.63. The molecular weight excluding hydrogens is 311 g/mol. The molecule has 1 saturated carbocycles. The highest BCUT2D eigenvalue weighted by Crippen LogP contribution is 2.61. The van der Waals surface area contributed by atoms with Crippen LogP contribution in [0.4, 0.5) is 0 Å². The average Bonchev–Trinajstić information content (AvgIpc) is 2.63. The fourth-order valence-corrected chi connectivity index (χ4v) is 7.42. The number of rotatable bonds is 4. The molecule has 0 saturated heterocycles. The third-order valence-electron chi connectivity index (χ3n) is 6.33. The Labute approximate surface area is 145 Å². The van der Waals surface area contributed by atoms with Crippen LogP contribution >= 0.6 is 7.14 Å². The topological polar surface area (TPSA) is 17.1 Å². The molecule has 2 unspecified atom stereocenters. The summed E-state index contributed by atoms with van der Waals surface area (Å²) in [5.41, 5.74) is 1.81. The normalized spacial score (nSPS) is 24.8.